The monoisotopic (exact) mass is 304 g/mol. The zero-order valence-electron chi connectivity index (χ0n) is 12.9. The van der Waals surface area contributed by atoms with Gasteiger partial charge in [-0.15, -0.1) is 0 Å². The molecule has 0 aliphatic heterocycles. The molecule has 4 nitrogen and oxygen atoms in total. The fourth-order valence-corrected chi connectivity index (χ4v) is 2.48. The van der Waals surface area contributed by atoms with Gasteiger partial charge in [-0.1, -0.05) is 58.3 Å². The average Bonchev–Trinajstić information content (AvgIpc) is 2.78. The quantitative estimate of drug-likeness (QED) is 0.522. The minimum atomic E-state index is -0.934. The average molecular weight is 304 g/mol. The van der Waals surface area contributed by atoms with Crippen LogP contribution in [0.15, 0.2) is 6.20 Å². The summed E-state index contributed by atoms with van der Waals surface area (Å²) in [4.78, 5) is 15.3. The number of aromatic nitrogens is 2. The third-order valence-electron chi connectivity index (χ3n) is 3.61. The van der Waals surface area contributed by atoms with E-state index in [1.807, 2.05) is 6.92 Å². The number of rotatable bonds is 10. The molecule has 116 valence electrons. The summed E-state index contributed by atoms with van der Waals surface area (Å²) < 4.78 is 1.25. The van der Waals surface area contributed by atoms with E-state index in [1.165, 1.54) is 55.9 Å². The van der Waals surface area contributed by atoms with Crippen molar-refractivity contribution in [2.75, 3.05) is 0 Å². The first-order valence-corrected chi connectivity index (χ1v) is 7.93. The van der Waals surface area contributed by atoms with Crippen molar-refractivity contribution in [2.24, 2.45) is 0 Å². The van der Waals surface area contributed by atoms with Crippen LogP contribution in [0, 0.1) is 6.92 Å². The Kier molecular flexibility index (Phi) is 12.1. The van der Waals surface area contributed by atoms with Gasteiger partial charge in [0, 0.05) is 12.6 Å². The van der Waals surface area contributed by atoms with E-state index < -0.39 is 6.09 Å². The summed E-state index contributed by atoms with van der Waals surface area (Å²) in [6.07, 6.45) is 12.9. The SMILES string of the molecule is CCCCCCCCCCCc1nc(C)cn1C(=O)O.[NaH]. The van der Waals surface area contributed by atoms with E-state index in [1.54, 1.807) is 6.20 Å². The van der Waals surface area contributed by atoms with Crippen LogP contribution in [0.2, 0.25) is 0 Å². The summed E-state index contributed by atoms with van der Waals surface area (Å²) >= 11 is 0. The summed E-state index contributed by atoms with van der Waals surface area (Å²) in [5.41, 5.74) is 0.776. The van der Waals surface area contributed by atoms with E-state index in [-0.39, 0.29) is 29.6 Å². The van der Waals surface area contributed by atoms with Crippen molar-refractivity contribution in [2.45, 2.75) is 78.1 Å². The zero-order chi connectivity index (χ0) is 14.8. The molecule has 21 heavy (non-hydrogen) atoms. The van der Waals surface area contributed by atoms with E-state index in [2.05, 4.69) is 11.9 Å². The zero-order valence-corrected chi connectivity index (χ0v) is 12.9. The van der Waals surface area contributed by atoms with E-state index in [4.69, 9.17) is 5.11 Å². The second kappa shape index (κ2) is 12.2. The van der Waals surface area contributed by atoms with Gasteiger partial charge in [-0.25, -0.2) is 14.3 Å². The molecule has 0 spiro atoms. The molecule has 0 bridgehead atoms. The van der Waals surface area contributed by atoms with Crippen LogP contribution in [-0.4, -0.2) is 50.3 Å². The Hall–Kier alpha value is -0.320. The molecule has 0 unspecified atom stereocenters. The summed E-state index contributed by atoms with van der Waals surface area (Å²) in [7, 11) is 0. The number of aryl methyl sites for hydroxylation is 2. The maximum atomic E-state index is 11.0. The van der Waals surface area contributed by atoms with Gasteiger partial charge in [-0.3, -0.25) is 0 Å². The van der Waals surface area contributed by atoms with Crippen molar-refractivity contribution in [3.05, 3.63) is 17.7 Å². The number of carbonyl (C=O) groups is 1. The van der Waals surface area contributed by atoms with Crippen LogP contribution in [0.1, 0.15) is 76.2 Å². The molecule has 1 N–H and O–H groups in total. The van der Waals surface area contributed by atoms with Crippen molar-refractivity contribution in [3.63, 3.8) is 0 Å². The Labute approximate surface area is 150 Å². The van der Waals surface area contributed by atoms with Crippen LogP contribution < -0.4 is 0 Å². The van der Waals surface area contributed by atoms with Gasteiger partial charge in [0.2, 0.25) is 0 Å². The number of hydrogen-bond donors (Lipinski definition) is 1. The standard InChI is InChI=1S/C16H28N2O2.Na.H/c1-3-4-5-6-7-8-9-10-11-12-15-17-14(2)13-18(15)16(19)20;;/h13H,3-12H2,1-2H3,(H,19,20);;. The Morgan fingerprint density at radius 2 is 1.62 bits per heavy atom. The van der Waals surface area contributed by atoms with Gasteiger partial charge in [0.1, 0.15) is 5.82 Å². The van der Waals surface area contributed by atoms with Crippen LogP contribution in [0.3, 0.4) is 0 Å². The van der Waals surface area contributed by atoms with Crippen molar-refractivity contribution in [3.8, 4) is 0 Å². The molecule has 0 aliphatic carbocycles. The number of hydrogen-bond acceptors (Lipinski definition) is 2. The Morgan fingerprint density at radius 3 is 2.14 bits per heavy atom. The molecule has 1 rings (SSSR count). The second-order valence-electron chi connectivity index (χ2n) is 5.53. The fourth-order valence-electron chi connectivity index (χ4n) is 2.48. The number of nitrogens with zero attached hydrogens (tertiary/aromatic N) is 2. The van der Waals surface area contributed by atoms with Crippen molar-refractivity contribution in [1.82, 2.24) is 9.55 Å². The van der Waals surface area contributed by atoms with Crippen LogP contribution in [0.4, 0.5) is 4.79 Å². The molecule has 0 atom stereocenters. The maximum absolute atomic E-state index is 11.0. The first-order chi connectivity index (χ1) is 9.65. The minimum absolute atomic E-state index is 0. The number of imidazole rings is 1. The molecule has 0 saturated heterocycles. The van der Waals surface area contributed by atoms with E-state index in [0.29, 0.717) is 5.82 Å². The van der Waals surface area contributed by atoms with Gasteiger partial charge in [-0.05, 0) is 13.3 Å². The molecular formula is C16H29N2NaO2. The Balaban J connectivity index is 0.00000400. The van der Waals surface area contributed by atoms with Crippen LogP contribution in [0.25, 0.3) is 0 Å². The Bertz CT molecular complexity index is 405. The molecule has 0 aliphatic rings. The summed E-state index contributed by atoms with van der Waals surface area (Å²) in [5.74, 6) is 0.679. The number of unbranched alkanes of at least 4 members (excludes halogenated alkanes) is 8. The van der Waals surface area contributed by atoms with Crippen molar-refractivity contribution < 1.29 is 9.90 Å². The third kappa shape index (κ3) is 8.64. The molecule has 1 aromatic rings. The second-order valence-corrected chi connectivity index (χ2v) is 5.53. The molecule has 1 heterocycles. The van der Waals surface area contributed by atoms with E-state index >= 15 is 0 Å². The molecule has 0 aromatic carbocycles. The summed E-state index contributed by atoms with van der Waals surface area (Å²) in [6, 6.07) is 0. The first kappa shape index (κ1) is 20.7. The van der Waals surface area contributed by atoms with Gasteiger partial charge in [0.05, 0.1) is 5.69 Å². The van der Waals surface area contributed by atoms with Crippen LogP contribution in [0.5, 0.6) is 0 Å². The van der Waals surface area contributed by atoms with Gasteiger partial charge in [-0.2, -0.15) is 0 Å². The van der Waals surface area contributed by atoms with Crippen molar-refractivity contribution >= 4 is 35.7 Å². The molecule has 0 amide bonds. The molecule has 5 heteroatoms. The van der Waals surface area contributed by atoms with Gasteiger partial charge >= 0.3 is 35.7 Å². The fraction of sp³-hybridized carbons (Fsp3) is 0.750. The normalized spacial score (nSPS) is 10.4. The predicted molar refractivity (Wildman–Crippen MR) is 88.5 cm³/mol. The van der Waals surface area contributed by atoms with E-state index in [9.17, 15) is 4.79 Å². The van der Waals surface area contributed by atoms with Crippen LogP contribution >= 0.6 is 0 Å². The van der Waals surface area contributed by atoms with Crippen molar-refractivity contribution in [1.29, 1.82) is 0 Å². The first-order valence-electron chi connectivity index (χ1n) is 7.93. The molecule has 1 aromatic heterocycles. The Morgan fingerprint density at radius 1 is 1.10 bits per heavy atom. The third-order valence-corrected chi connectivity index (χ3v) is 3.61. The molecule has 0 fully saturated rings. The van der Waals surface area contributed by atoms with Crippen LogP contribution in [-0.2, 0) is 6.42 Å². The van der Waals surface area contributed by atoms with Gasteiger partial charge < -0.3 is 5.11 Å². The van der Waals surface area contributed by atoms with Gasteiger partial charge in [0.15, 0.2) is 0 Å². The summed E-state index contributed by atoms with van der Waals surface area (Å²) in [5, 5.41) is 9.05. The molecule has 0 saturated carbocycles. The number of carboxylic acid groups (broad SMARTS) is 1. The molecular weight excluding hydrogens is 275 g/mol. The predicted octanol–water partition coefficient (Wildman–Crippen LogP) is 4.14. The molecule has 0 radical (unpaired) electrons. The topological polar surface area (TPSA) is 55.1 Å². The summed E-state index contributed by atoms with van der Waals surface area (Å²) in [6.45, 7) is 4.07. The van der Waals surface area contributed by atoms with E-state index in [0.717, 1.165) is 18.5 Å². The van der Waals surface area contributed by atoms with Gasteiger partial charge in [0.25, 0.3) is 0 Å².